The van der Waals surface area contributed by atoms with Crippen LogP contribution in [0.4, 0.5) is 0 Å². The van der Waals surface area contributed by atoms with Gasteiger partial charge in [0.05, 0.1) is 17.2 Å². The number of fused-ring (bicyclic) bond motifs is 3. The highest BCUT2D eigenvalue weighted by atomic mass is 16.3. The minimum atomic E-state index is 0.379. The Balaban J connectivity index is 1.93. The molecule has 3 heteroatoms. The Morgan fingerprint density at radius 2 is 1.84 bits per heavy atom. The fourth-order valence-corrected chi connectivity index (χ4v) is 5.65. The van der Waals surface area contributed by atoms with Crippen LogP contribution in [0.3, 0.4) is 0 Å². The predicted octanol–water partition coefficient (Wildman–Crippen LogP) is 7.43. The van der Waals surface area contributed by atoms with Crippen molar-refractivity contribution >= 4 is 21.9 Å². The average molecular weight is 424 g/mol. The molecule has 0 aliphatic heterocycles. The fraction of sp³-hybridized carbons (Fsp3) is 0.379. The van der Waals surface area contributed by atoms with Gasteiger partial charge in [-0.1, -0.05) is 39.2 Å². The second-order valence-corrected chi connectivity index (χ2v) is 9.67. The van der Waals surface area contributed by atoms with E-state index in [1.165, 1.54) is 35.8 Å². The molecule has 1 saturated carbocycles. The van der Waals surface area contributed by atoms with Gasteiger partial charge in [0.15, 0.2) is 6.20 Å². The second kappa shape index (κ2) is 8.10. The molecule has 0 bridgehead atoms. The number of hydrogen-bond donors (Lipinski definition) is 0. The van der Waals surface area contributed by atoms with Crippen LogP contribution in [-0.2, 0) is 7.05 Å². The lowest BCUT2D eigenvalue weighted by Gasteiger charge is -2.22. The van der Waals surface area contributed by atoms with Crippen LogP contribution in [0.5, 0.6) is 0 Å². The van der Waals surface area contributed by atoms with Gasteiger partial charge < -0.3 is 4.42 Å². The summed E-state index contributed by atoms with van der Waals surface area (Å²) in [6, 6.07) is 15.2. The molecule has 162 valence electrons. The molecule has 0 radical (unpaired) electrons. The van der Waals surface area contributed by atoms with Crippen LogP contribution in [0, 0.1) is 18.3 Å². The first-order chi connectivity index (χ1) is 15.5. The third-order valence-electron chi connectivity index (χ3n) is 7.25. The van der Waals surface area contributed by atoms with E-state index in [2.05, 4.69) is 75.0 Å². The molecule has 0 saturated heterocycles. The largest absolute Gasteiger partial charge is 0.455 e. The maximum Gasteiger partial charge on any atom is 0.216 e. The van der Waals surface area contributed by atoms with Crippen molar-refractivity contribution in [3.05, 3.63) is 64.8 Å². The molecule has 0 atom stereocenters. The Bertz CT molecular complexity index is 1360. The number of pyridine rings is 1. The second-order valence-electron chi connectivity index (χ2n) is 9.67. The van der Waals surface area contributed by atoms with E-state index in [9.17, 15) is 5.26 Å². The van der Waals surface area contributed by atoms with Gasteiger partial charge in [-0.05, 0) is 60.9 Å². The summed E-state index contributed by atoms with van der Waals surface area (Å²) in [7, 11) is 2.08. The van der Waals surface area contributed by atoms with Crippen LogP contribution >= 0.6 is 0 Å². The highest BCUT2D eigenvalue weighted by molar-refractivity contribution is 6.12. The third kappa shape index (κ3) is 3.21. The maximum absolute atomic E-state index is 9.94. The number of hydrogen-bond acceptors (Lipinski definition) is 2. The number of nitrogens with zero attached hydrogens (tertiary/aromatic N) is 2. The summed E-state index contributed by atoms with van der Waals surface area (Å²) in [5, 5.41) is 12.3. The van der Waals surface area contributed by atoms with Gasteiger partial charge in [0.2, 0.25) is 5.69 Å². The minimum Gasteiger partial charge on any atom is -0.455 e. The smallest absolute Gasteiger partial charge is 0.216 e. The molecule has 32 heavy (non-hydrogen) atoms. The molecule has 2 aromatic heterocycles. The summed E-state index contributed by atoms with van der Waals surface area (Å²) in [6.07, 6.45) is 8.12. The van der Waals surface area contributed by atoms with E-state index >= 15 is 0 Å². The van der Waals surface area contributed by atoms with Crippen molar-refractivity contribution in [1.29, 1.82) is 5.26 Å². The van der Waals surface area contributed by atoms with Gasteiger partial charge in [0.1, 0.15) is 18.2 Å². The molecule has 0 amide bonds. The monoisotopic (exact) mass is 423 g/mol. The molecular weight excluding hydrogens is 392 g/mol. The van der Waals surface area contributed by atoms with Gasteiger partial charge in [-0.2, -0.15) is 5.26 Å². The number of furan rings is 1. The number of rotatable bonds is 3. The van der Waals surface area contributed by atoms with Crippen LogP contribution < -0.4 is 4.57 Å². The van der Waals surface area contributed by atoms with Gasteiger partial charge >= 0.3 is 0 Å². The quantitative estimate of drug-likeness (QED) is 0.321. The Morgan fingerprint density at radius 3 is 2.53 bits per heavy atom. The van der Waals surface area contributed by atoms with E-state index in [0.29, 0.717) is 11.8 Å². The van der Waals surface area contributed by atoms with Gasteiger partial charge in [0, 0.05) is 28.5 Å². The van der Waals surface area contributed by atoms with Crippen molar-refractivity contribution in [2.24, 2.45) is 7.05 Å². The van der Waals surface area contributed by atoms with Crippen molar-refractivity contribution in [3.63, 3.8) is 0 Å². The van der Waals surface area contributed by atoms with E-state index in [1.54, 1.807) is 0 Å². The van der Waals surface area contributed by atoms with Gasteiger partial charge in [-0.15, -0.1) is 0 Å². The first-order valence-electron chi connectivity index (χ1n) is 11.9. The summed E-state index contributed by atoms with van der Waals surface area (Å²) in [5.41, 5.74) is 8.63. The van der Waals surface area contributed by atoms with Gasteiger partial charge in [0.25, 0.3) is 0 Å². The Hall–Kier alpha value is -3.12. The summed E-state index contributed by atoms with van der Waals surface area (Å²) in [6.45, 7) is 6.69. The molecule has 0 unspecified atom stereocenters. The summed E-state index contributed by atoms with van der Waals surface area (Å²) < 4.78 is 8.99. The third-order valence-corrected chi connectivity index (χ3v) is 7.25. The molecule has 1 fully saturated rings. The van der Waals surface area contributed by atoms with Crippen molar-refractivity contribution in [1.82, 2.24) is 0 Å². The van der Waals surface area contributed by atoms with Crippen LogP contribution in [-0.4, -0.2) is 0 Å². The van der Waals surface area contributed by atoms with Crippen LogP contribution in [0.1, 0.15) is 80.0 Å². The molecule has 2 heterocycles. The lowest BCUT2D eigenvalue weighted by molar-refractivity contribution is -0.660. The van der Waals surface area contributed by atoms with Crippen molar-refractivity contribution in [2.45, 2.75) is 64.7 Å². The van der Waals surface area contributed by atoms with E-state index < -0.39 is 0 Å². The molecule has 3 nitrogen and oxygen atoms in total. The number of aromatic nitrogens is 1. The van der Waals surface area contributed by atoms with Gasteiger partial charge in [-0.25, -0.2) is 4.57 Å². The predicted molar refractivity (Wildman–Crippen MR) is 130 cm³/mol. The Morgan fingerprint density at radius 1 is 1.06 bits per heavy atom. The fourth-order valence-electron chi connectivity index (χ4n) is 5.65. The molecule has 4 aromatic rings. The zero-order valence-corrected chi connectivity index (χ0v) is 19.5. The first-order valence-corrected chi connectivity index (χ1v) is 11.9. The van der Waals surface area contributed by atoms with Gasteiger partial charge in [-0.3, -0.25) is 0 Å². The number of nitriles is 1. The van der Waals surface area contributed by atoms with E-state index in [-0.39, 0.29) is 0 Å². The number of benzene rings is 2. The van der Waals surface area contributed by atoms with Crippen molar-refractivity contribution in [2.75, 3.05) is 0 Å². The normalized spacial score (nSPS) is 15.0. The Labute approximate surface area is 190 Å². The maximum atomic E-state index is 9.94. The van der Waals surface area contributed by atoms with Crippen LogP contribution in [0.25, 0.3) is 33.2 Å². The Kier molecular flexibility index (Phi) is 5.25. The van der Waals surface area contributed by atoms with Crippen LogP contribution in [0.15, 0.2) is 47.0 Å². The number of aryl methyl sites for hydroxylation is 2. The highest BCUT2D eigenvalue weighted by Crippen LogP contribution is 2.46. The minimum absolute atomic E-state index is 0.379. The molecule has 2 aromatic carbocycles. The standard InChI is InChI=1S/C29H31N2O/c1-18(2)23-16-19(3)25(24-12-8-9-15-31(24)4)29-27(23)22-14-13-21(17-30)26(28(22)32-29)20-10-6-5-7-11-20/h8-9,12-16,18,20H,5-7,10-11H2,1-4H3/q+1. The molecule has 1 aliphatic rings. The van der Waals surface area contributed by atoms with Crippen molar-refractivity contribution < 1.29 is 8.98 Å². The summed E-state index contributed by atoms with van der Waals surface area (Å²) in [4.78, 5) is 0. The lowest BCUT2D eigenvalue weighted by Crippen LogP contribution is -2.30. The molecular formula is C29H31N2O+. The zero-order valence-electron chi connectivity index (χ0n) is 19.5. The van der Waals surface area contributed by atoms with Crippen molar-refractivity contribution in [3.8, 4) is 17.3 Å². The van der Waals surface area contributed by atoms with E-state index in [0.717, 1.165) is 51.8 Å². The van der Waals surface area contributed by atoms with Crippen LogP contribution in [0.2, 0.25) is 0 Å². The molecule has 1 aliphatic carbocycles. The van der Waals surface area contributed by atoms with E-state index in [4.69, 9.17) is 4.42 Å². The molecule has 5 rings (SSSR count). The zero-order chi connectivity index (χ0) is 22.4. The topological polar surface area (TPSA) is 40.8 Å². The first kappa shape index (κ1) is 20.8. The molecule has 0 spiro atoms. The average Bonchev–Trinajstić information content (AvgIpc) is 3.18. The van der Waals surface area contributed by atoms with E-state index in [1.807, 2.05) is 6.07 Å². The molecule has 0 N–H and O–H groups in total. The lowest BCUT2D eigenvalue weighted by atomic mass is 9.81. The SMILES string of the molecule is Cc1cc(C(C)C)c2c(oc3c(C4CCCCC4)c(C#N)ccc32)c1-c1cccc[n+]1C. The highest BCUT2D eigenvalue weighted by Gasteiger charge is 2.28. The summed E-state index contributed by atoms with van der Waals surface area (Å²) >= 11 is 0. The summed E-state index contributed by atoms with van der Waals surface area (Å²) in [5.74, 6) is 0.784.